The molecule has 7 nitrogen and oxygen atoms in total. The Labute approximate surface area is 147 Å². The number of fused-ring (bicyclic) bond motifs is 1. The Kier molecular flexibility index (Phi) is 4.04. The lowest BCUT2D eigenvalue weighted by atomic mass is 10.1. The van der Waals surface area contributed by atoms with Crippen molar-refractivity contribution in [1.82, 2.24) is 15.2 Å². The summed E-state index contributed by atoms with van der Waals surface area (Å²) in [4.78, 5) is 27.5. The van der Waals surface area contributed by atoms with Crippen molar-refractivity contribution >= 4 is 34.3 Å². The lowest BCUT2D eigenvalue weighted by molar-refractivity contribution is -0.114. The van der Waals surface area contributed by atoms with Gasteiger partial charge in [0.2, 0.25) is 11.1 Å². The zero-order valence-corrected chi connectivity index (χ0v) is 14.4. The minimum absolute atomic E-state index is 0.176. The van der Waals surface area contributed by atoms with E-state index in [2.05, 4.69) is 20.5 Å². The molecule has 2 heterocycles. The average molecular weight is 356 g/mol. The van der Waals surface area contributed by atoms with Crippen molar-refractivity contribution in [3.63, 3.8) is 0 Å². The van der Waals surface area contributed by atoms with Gasteiger partial charge in [-0.25, -0.2) is 9.78 Å². The largest absolute Gasteiger partial charge is 0.423 e. The number of anilines is 1. The first-order valence-corrected chi connectivity index (χ1v) is 8.96. The van der Waals surface area contributed by atoms with Gasteiger partial charge in [0.25, 0.3) is 0 Å². The second-order valence-electron chi connectivity index (χ2n) is 6.05. The van der Waals surface area contributed by atoms with E-state index in [9.17, 15) is 9.59 Å². The minimum Gasteiger partial charge on any atom is -0.423 e. The summed E-state index contributed by atoms with van der Waals surface area (Å²) in [5.74, 6) is 1.85. The zero-order chi connectivity index (χ0) is 17.4. The molecule has 0 saturated heterocycles. The molecule has 0 radical (unpaired) electrons. The highest BCUT2D eigenvalue weighted by molar-refractivity contribution is 7.98. The number of thioether (sulfide) groups is 1. The lowest BCUT2D eigenvalue weighted by Gasteiger charge is -2.06. The third kappa shape index (κ3) is 3.58. The second kappa shape index (κ2) is 6.36. The van der Waals surface area contributed by atoms with Gasteiger partial charge >= 0.3 is 5.63 Å². The first-order chi connectivity index (χ1) is 12.1. The number of hydrogen-bond acceptors (Lipinski definition) is 6. The van der Waals surface area contributed by atoms with Gasteiger partial charge in [-0.2, -0.15) is 0 Å². The summed E-state index contributed by atoms with van der Waals surface area (Å²) in [6.45, 7) is 1.43. The van der Waals surface area contributed by atoms with Crippen molar-refractivity contribution in [1.29, 1.82) is 0 Å². The number of benzene rings is 1. The van der Waals surface area contributed by atoms with Crippen molar-refractivity contribution in [2.24, 2.45) is 0 Å². The molecule has 0 atom stereocenters. The molecule has 4 rings (SSSR count). The number of hydrogen-bond donors (Lipinski definition) is 2. The Bertz CT molecular complexity index is 1010. The van der Waals surface area contributed by atoms with Crippen LogP contribution in [0.3, 0.4) is 0 Å². The number of nitrogens with one attached hydrogen (secondary N) is 2. The van der Waals surface area contributed by atoms with Crippen LogP contribution in [0.25, 0.3) is 11.0 Å². The summed E-state index contributed by atoms with van der Waals surface area (Å²) in [6.07, 6.45) is 2.33. The van der Waals surface area contributed by atoms with E-state index in [1.807, 2.05) is 6.07 Å². The Hall–Kier alpha value is -2.61. The van der Waals surface area contributed by atoms with Crippen LogP contribution in [-0.4, -0.2) is 21.1 Å². The van der Waals surface area contributed by atoms with Gasteiger partial charge in [-0.05, 0) is 30.5 Å². The van der Waals surface area contributed by atoms with Crippen LogP contribution in [0.1, 0.15) is 37.1 Å². The van der Waals surface area contributed by atoms with Gasteiger partial charge in [0.05, 0.1) is 0 Å². The number of nitrogens with zero attached hydrogens (tertiary/aromatic N) is 2. The van der Waals surface area contributed by atoms with E-state index in [-0.39, 0.29) is 5.91 Å². The standard InChI is InChI=1S/C17H16N4O3S/c1-9(22)18-12-4-5-13-11(6-15(23)24-14(13)7-12)8-25-17-19-16(20-21-17)10-2-3-10/h4-7,10H,2-3,8H2,1H3,(H,18,22)(H,19,20,21). The number of aromatic amines is 1. The monoisotopic (exact) mass is 356 g/mol. The van der Waals surface area contributed by atoms with Gasteiger partial charge in [-0.3, -0.25) is 9.89 Å². The first-order valence-electron chi connectivity index (χ1n) is 7.98. The van der Waals surface area contributed by atoms with Crippen LogP contribution in [0.15, 0.2) is 38.6 Å². The van der Waals surface area contributed by atoms with E-state index in [1.54, 1.807) is 12.1 Å². The van der Waals surface area contributed by atoms with Gasteiger partial charge < -0.3 is 9.73 Å². The molecule has 1 aliphatic rings. The van der Waals surface area contributed by atoms with Crippen LogP contribution in [0.5, 0.6) is 0 Å². The van der Waals surface area contributed by atoms with Gasteiger partial charge in [-0.1, -0.05) is 11.8 Å². The van der Waals surface area contributed by atoms with Gasteiger partial charge in [0, 0.05) is 41.8 Å². The molecule has 0 spiro atoms. The highest BCUT2D eigenvalue weighted by atomic mass is 32.2. The van der Waals surface area contributed by atoms with Crippen LogP contribution < -0.4 is 10.9 Å². The van der Waals surface area contributed by atoms with E-state index in [0.717, 1.165) is 16.8 Å². The van der Waals surface area contributed by atoms with E-state index >= 15 is 0 Å². The van der Waals surface area contributed by atoms with Crippen molar-refractivity contribution < 1.29 is 9.21 Å². The summed E-state index contributed by atoms with van der Waals surface area (Å²) in [5.41, 5.74) is 1.47. The number of aromatic nitrogens is 3. The second-order valence-corrected chi connectivity index (χ2v) is 6.99. The van der Waals surface area contributed by atoms with Crippen molar-refractivity contribution in [3.05, 3.63) is 46.1 Å². The predicted molar refractivity (Wildman–Crippen MR) is 94.7 cm³/mol. The molecule has 1 amide bonds. The zero-order valence-electron chi connectivity index (χ0n) is 13.5. The van der Waals surface area contributed by atoms with Gasteiger partial charge in [0.15, 0.2) is 0 Å². The maximum atomic E-state index is 11.9. The van der Waals surface area contributed by atoms with Crippen LogP contribution in [0.4, 0.5) is 5.69 Å². The predicted octanol–water partition coefficient (Wildman–Crippen LogP) is 3.04. The van der Waals surface area contributed by atoms with Gasteiger partial charge in [0.1, 0.15) is 11.4 Å². The molecular formula is C17H16N4O3S. The van der Waals surface area contributed by atoms with Crippen LogP contribution in [0.2, 0.25) is 0 Å². The fourth-order valence-electron chi connectivity index (χ4n) is 2.63. The first kappa shape index (κ1) is 15.9. The van der Waals surface area contributed by atoms with E-state index in [4.69, 9.17) is 4.42 Å². The fourth-order valence-corrected chi connectivity index (χ4v) is 3.43. The Balaban J connectivity index is 1.59. The van der Waals surface area contributed by atoms with E-state index < -0.39 is 5.63 Å². The SMILES string of the molecule is CC(=O)Nc1ccc2c(CSc3n[nH]c(C4CC4)n3)cc(=O)oc2c1. The van der Waals surface area contributed by atoms with Gasteiger partial charge in [-0.15, -0.1) is 5.10 Å². The maximum Gasteiger partial charge on any atom is 0.336 e. The molecule has 1 aromatic carbocycles. The minimum atomic E-state index is -0.420. The van der Waals surface area contributed by atoms with Crippen molar-refractivity contribution in [2.75, 3.05) is 5.32 Å². The normalized spacial score (nSPS) is 14.0. The van der Waals surface area contributed by atoms with Crippen LogP contribution in [0, 0.1) is 0 Å². The summed E-state index contributed by atoms with van der Waals surface area (Å²) in [6, 6.07) is 6.77. The average Bonchev–Trinajstić information content (AvgIpc) is 3.30. The quantitative estimate of drug-likeness (QED) is 0.538. The summed E-state index contributed by atoms with van der Waals surface area (Å²) >= 11 is 1.47. The van der Waals surface area contributed by atoms with Crippen LogP contribution in [-0.2, 0) is 10.5 Å². The smallest absolute Gasteiger partial charge is 0.336 e. The number of carbonyl (C=O) groups excluding carboxylic acids is 1. The molecule has 1 aliphatic carbocycles. The molecule has 25 heavy (non-hydrogen) atoms. The van der Waals surface area contributed by atoms with E-state index in [0.29, 0.717) is 28.1 Å². The number of rotatable bonds is 5. The molecule has 8 heteroatoms. The Morgan fingerprint density at radius 3 is 3.00 bits per heavy atom. The van der Waals surface area contributed by atoms with Crippen molar-refractivity contribution in [2.45, 2.75) is 36.6 Å². The molecule has 0 aliphatic heterocycles. The molecule has 2 aromatic heterocycles. The molecule has 3 aromatic rings. The lowest BCUT2D eigenvalue weighted by Crippen LogP contribution is -2.06. The fraction of sp³-hybridized carbons (Fsp3) is 0.294. The molecular weight excluding hydrogens is 340 g/mol. The third-order valence-electron chi connectivity index (χ3n) is 3.95. The van der Waals surface area contributed by atoms with E-state index in [1.165, 1.54) is 37.6 Å². The number of carbonyl (C=O) groups is 1. The highest BCUT2D eigenvalue weighted by Gasteiger charge is 2.27. The third-order valence-corrected chi connectivity index (χ3v) is 4.85. The maximum absolute atomic E-state index is 11.9. The van der Waals surface area contributed by atoms with Crippen LogP contribution >= 0.6 is 11.8 Å². The summed E-state index contributed by atoms with van der Waals surface area (Å²) < 4.78 is 5.27. The topological polar surface area (TPSA) is 101 Å². The molecule has 1 fully saturated rings. The number of amides is 1. The number of H-pyrrole nitrogens is 1. The molecule has 1 saturated carbocycles. The Morgan fingerprint density at radius 2 is 2.24 bits per heavy atom. The molecule has 128 valence electrons. The highest BCUT2D eigenvalue weighted by Crippen LogP contribution is 2.38. The molecule has 0 bridgehead atoms. The summed E-state index contributed by atoms with van der Waals surface area (Å²) in [7, 11) is 0. The Morgan fingerprint density at radius 1 is 1.40 bits per heavy atom. The molecule has 0 unspecified atom stereocenters. The summed E-state index contributed by atoms with van der Waals surface area (Å²) in [5, 5.41) is 11.4. The molecule has 2 N–H and O–H groups in total. The van der Waals surface area contributed by atoms with Crippen molar-refractivity contribution in [3.8, 4) is 0 Å².